The van der Waals surface area contributed by atoms with Gasteiger partial charge in [0.25, 0.3) is 0 Å². The van der Waals surface area contributed by atoms with Gasteiger partial charge < -0.3 is 14.2 Å². The monoisotopic (exact) mass is 740 g/mol. The number of fused-ring (bicyclic) bond motifs is 14. The van der Waals surface area contributed by atoms with Crippen LogP contribution in [0.3, 0.4) is 0 Å². The first-order valence-corrected chi connectivity index (χ1v) is 19.9. The molecule has 272 valence electrons. The molecular weight excluding hydrogens is 705 g/mol. The van der Waals surface area contributed by atoms with Crippen molar-refractivity contribution >= 4 is 56.1 Å². The van der Waals surface area contributed by atoms with Gasteiger partial charge in [-0.2, -0.15) is 0 Å². The Morgan fingerprint density at radius 1 is 0.310 bits per heavy atom. The van der Waals surface area contributed by atoms with Crippen LogP contribution in [0, 0.1) is 0 Å². The quantitative estimate of drug-likeness (QED) is 0.169. The molecule has 2 aliphatic carbocycles. The number of rotatable bonds is 6. The van der Waals surface area contributed by atoms with E-state index in [1.54, 1.807) is 0 Å². The Labute approximate surface area is 337 Å². The standard InChI is InChI=1S/C55H36N2O/c1-5-17-37(18-6-1)56(38-19-7-2-8-20-38)41-29-31-43-44-32-30-42(57(39-21-9-3-10-22-39)40-23-11-4-12-24-40)36-51(44)55(50(43)35-41)48-27-15-13-26-47(48)53-49(55)34-33-46-45-25-14-16-28-52(45)58-54(46)53/h1-36H. The molecule has 0 saturated carbocycles. The third kappa shape index (κ3) is 4.62. The van der Waals surface area contributed by atoms with Crippen molar-refractivity contribution in [2.75, 3.05) is 9.80 Å². The minimum Gasteiger partial charge on any atom is -0.455 e. The van der Waals surface area contributed by atoms with Crippen LogP contribution in [0.4, 0.5) is 34.1 Å². The van der Waals surface area contributed by atoms with Gasteiger partial charge >= 0.3 is 0 Å². The van der Waals surface area contributed by atoms with Crippen molar-refractivity contribution in [1.29, 1.82) is 0 Å². The van der Waals surface area contributed by atoms with Crippen LogP contribution in [0.1, 0.15) is 22.3 Å². The molecule has 3 heteroatoms. The Morgan fingerprint density at radius 2 is 0.776 bits per heavy atom. The average Bonchev–Trinajstić information content (AvgIpc) is 3.92. The van der Waals surface area contributed by atoms with Gasteiger partial charge in [0.1, 0.15) is 11.2 Å². The second kappa shape index (κ2) is 12.7. The SMILES string of the molecule is c1ccc(N(c2ccccc2)c2ccc3c(c2)C2(c4cc(N(c5ccccc5)c5ccccc5)ccc4-3)c3ccccc3-c3c2ccc2c3oc3ccccc32)cc1. The summed E-state index contributed by atoms with van der Waals surface area (Å²) in [5.41, 5.74) is 17.8. The van der Waals surface area contributed by atoms with E-state index in [4.69, 9.17) is 4.42 Å². The Bertz CT molecular complexity index is 2960. The van der Waals surface area contributed by atoms with Gasteiger partial charge in [0.05, 0.1) is 5.41 Å². The second-order valence-corrected chi connectivity index (χ2v) is 15.2. The Morgan fingerprint density at radius 3 is 1.31 bits per heavy atom. The first-order chi connectivity index (χ1) is 28.8. The van der Waals surface area contributed by atoms with Gasteiger partial charge in [-0.3, -0.25) is 0 Å². The molecule has 0 radical (unpaired) electrons. The lowest BCUT2D eigenvalue weighted by molar-refractivity contribution is 0.669. The van der Waals surface area contributed by atoms with Crippen molar-refractivity contribution in [2.45, 2.75) is 5.41 Å². The van der Waals surface area contributed by atoms with Gasteiger partial charge in [-0.15, -0.1) is 0 Å². The smallest absolute Gasteiger partial charge is 0.143 e. The third-order valence-electron chi connectivity index (χ3n) is 12.2. The van der Waals surface area contributed by atoms with Crippen LogP contribution < -0.4 is 9.80 Å². The molecule has 0 amide bonds. The molecule has 10 aromatic rings. The third-order valence-corrected chi connectivity index (χ3v) is 12.2. The van der Waals surface area contributed by atoms with Gasteiger partial charge in [0, 0.05) is 50.5 Å². The molecule has 58 heavy (non-hydrogen) atoms. The summed E-state index contributed by atoms with van der Waals surface area (Å²) in [6.07, 6.45) is 0. The van der Waals surface area contributed by atoms with E-state index in [9.17, 15) is 0 Å². The number of anilines is 6. The fraction of sp³-hybridized carbons (Fsp3) is 0.0182. The molecule has 1 heterocycles. The largest absolute Gasteiger partial charge is 0.455 e. The van der Waals surface area contributed by atoms with Crippen molar-refractivity contribution < 1.29 is 4.42 Å². The van der Waals surface area contributed by atoms with Gasteiger partial charge in [-0.05, 0) is 118 Å². The van der Waals surface area contributed by atoms with E-state index in [0.29, 0.717) is 0 Å². The maximum absolute atomic E-state index is 6.87. The van der Waals surface area contributed by atoms with E-state index in [1.807, 2.05) is 0 Å². The van der Waals surface area contributed by atoms with E-state index in [-0.39, 0.29) is 0 Å². The fourth-order valence-corrected chi connectivity index (χ4v) is 9.90. The first-order valence-electron chi connectivity index (χ1n) is 19.9. The van der Waals surface area contributed by atoms with Crippen LogP contribution in [0.2, 0.25) is 0 Å². The molecule has 0 saturated heterocycles. The number of nitrogens with zero attached hydrogens (tertiary/aromatic N) is 2. The van der Waals surface area contributed by atoms with Crippen LogP contribution in [-0.4, -0.2) is 0 Å². The molecule has 2 aliphatic rings. The lowest BCUT2D eigenvalue weighted by Crippen LogP contribution is -2.26. The van der Waals surface area contributed by atoms with Crippen molar-refractivity contribution in [2.24, 2.45) is 0 Å². The molecule has 1 spiro atoms. The molecule has 0 aliphatic heterocycles. The first kappa shape index (κ1) is 32.6. The van der Waals surface area contributed by atoms with E-state index >= 15 is 0 Å². The van der Waals surface area contributed by atoms with Crippen LogP contribution in [-0.2, 0) is 5.41 Å². The summed E-state index contributed by atoms with van der Waals surface area (Å²) >= 11 is 0. The van der Waals surface area contributed by atoms with Crippen molar-refractivity contribution in [3.05, 3.63) is 241 Å². The summed E-state index contributed by atoms with van der Waals surface area (Å²) in [6.45, 7) is 0. The van der Waals surface area contributed by atoms with E-state index in [0.717, 1.165) is 56.1 Å². The molecular formula is C55H36N2O. The molecule has 0 unspecified atom stereocenters. The van der Waals surface area contributed by atoms with Crippen LogP contribution in [0.15, 0.2) is 223 Å². The number of hydrogen-bond donors (Lipinski definition) is 0. The molecule has 1 aromatic heterocycles. The minimum atomic E-state index is -0.631. The van der Waals surface area contributed by atoms with E-state index < -0.39 is 5.41 Å². The van der Waals surface area contributed by atoms with Gasteiger partial charge in [0.2, 0.25) is 0 Å². The van der Waals surface area contributed by atoms with Crippen molar-refractivity contribution in [3.63, 3.8) is 0 Å². The van der Waals surface area contributed by atoms with Crippen LogP contribution >= 0.6 is 0 Å². The minimum absolute atomic E-state index is 0.631. The predicted octanol–water partition coefficient (Wildman–Crippen LogP) is 14.9. The maximum Gasteiger partial charge on any atom is 0.143 e. The highest BCUT2D eigenvalue weighted by molar-refractivity contribution is 6.13. The summed E-state index contributed by atoms with van der Waals surface area (Å²) in [6, 6.07) is 79.1. The Kier molecular flexibility index (Phi) is 7.14. The summed E-state index contributed by atoms with van der Waals surface area (Å²) in [5.74, 6) is 0. The molecule has 0 bridgehead atoms. The van der Waals surface area contributed by atoms with Crippen LogP contribution in [0.5, 0.6) is 0 Å². The molecule has 0 fully saturated rings. The van der Waals surface area contributed by atoms with Gasteiger partial charge in [-0.25, -0.2) is 0 Å². The molecule has 0 atom stereocenters. The number of furan rings is 1. The highest BCUT2D eigenvalue weighted by Gasteiger charge is 2.53. The highest BCUT2D eigenvalue weighted by Crippen LogP contribution is 2.65. The van der Waals surface area contributed by atoms with Crippen molar-refractivity contribution in [1.82, 2.24) is 0 Å². The summed E-state index contributed by atoms with van der Waals surface area (Å²) in [7, 11) is 0. The highest BCUT2D eigenvalue weighted by atomic mass is 16.3. The number of para-hydroxylation sites is 5. The Hall–Kier alpha value is -7.62. The summed E-state index contributed by atoms with van der Waals surface area (Å²) in [4.78, 5) is 4.75. The second-order valence-electron chi connectivity index (χ2n) is 15.2. The topological polar surface area (TPSA) is 19.6 Å². The fourth-order valence-electron chi connectivity index (χ4n) is 9.90. The lowest BCUT2D eigenvalue weighted by atomic mass is 9.70. The zero-order valence-corrected chi connectivity index (χ0v) is 31.6. The zero-order chi connectivity index (χ0) is 38.2. The summed E-state index contributed by atoms with van der Waals surface area (Å²) < 4.78 is 6.87. The van der Waals surface area contributed by atoms with Crippen molar-refractivity contribution in [3.8, 4) is 22.3 Å². The number of benzene rings is 9. The normalized spacial score (nSPS) is 13.0. The van der Waals surface area contributed by atoms with Gasteiger partial charge in [0.15, 0.2) is 0 Å². The zero-order valence-electron chi connectivity index (χ0n) is 31.6. The van der Waals surface area contributed by atoms with Gasteiger partial charge in [-0.1, -0.05) is 140 Å². The molecule has 3 nitrogen and oxygen atoms in total. The average molecular weight is 741 g/mol. The molecule has 0 N–H and O–H groups in total. The van der Waals surface area contributed by atoms with E-state index in [1.165, 1.54) is 44.5 Å². The predicted molar refractivity (Wildman–Crippen MR) is 239 cm³/mol. The molecule has 9 aromatic carbocycles. The summed E-state index contributed by atoms with van der Waals surface area (Å²) in [5, 5.41) is 2.28. The Balaban J connectivity index is 1.18. The maximum atomic E-state index is 6.87. The molecule has 12 rings (SSSR count). The van der Waals surface area contributed by atoms with Crippen LogP contribution in [0.25, 0.3) is 44.2 Å². The number of hydrogen-bond acceptors (Lipinski definition) is 3. The lowest BCUT2D eigenvalue weighted by Gasteiger charge is -2.33. The van der Waals surface area contributed by atoms with E-state index in [2.05, 4.69) is 228 Å².